The van der Waals surface area contributed by atoms with E-state index < -0.39 is 0 Å². The Bertz CT molecular complexity index is 367. The van der Waals surface area contributed by atoms with Crippen LogP contribution in [-0.4, -0.2) is 44.2 Å². The Morgan fingerprint density at radius 3 is 3.11 bits per heavy atom. The van der Waals surface area contributed by atoms with E-state index in [1.54, 1.807) is 0 Å². The number of hydrogen-bond donors (Lipinski definition) is 1. The van der Waals surface area contributed by atoms with Crippen molar-refractivity contribution in [2.24, 2.45) is 0 Å². The zero-order valence-corrected chi connectivity index (χ0v) is 11.6. The molecule has 1 aromatic rings. The molecule has 1 aromatic carbocycles. The van der Waals surface area contributed by atoms with Crippen LogP contribution in [0.15, 0.2) is 24.3 Å². The summed E-state index contributed by atoms with van der Waals surface area (Å²) in [6.45, 7) is 3.89. The third-order valence-corrected chi connectivity index (χ3v) is 3.47. The number of rotatable bonds is 6. The highest BCUT2D eigenvalue weighted by Crippen LogP contribution is 2.16. The van der Waals surface area contributed by atoms with Gasteiger partial charge in [0.05, 0.1) is 0 Å². The third kappa shape index (κ3) is 4.48. The summed E-state index contributed by atoms with van der Waals surface area (Å²) in [5, 5.41) is 4.22. The SMILES string of the molecule is CN(CCOc1cccc(Cl)c1)CC1CCCN1. The van der Waals surface area contributed by atoms with E-state index >= 15 is 0 Å². The Kier molecular flexibility index (Phi) is 5.29. The largest absolute Gasteiger partial charge is 0.492 e. The summed E-state index contributed by atoms with van der Waals surface area (Å²) in [6, 6.07) is 8.20. The summed E-state index contributed by atoms with van der Waals surface area (Å²) in [5.74, 6) is 0.842. The zero-order chi connectivity index (χ0) is 12.8. The number of nitrogens with one attached hydrogen (secondary N) is 1. The maximum atomic E-state index is 5.90. The summed E-state index contributed by atoms with van der Waals surface area (Å²) >= 11 is 5.90. The molecule has 2 rings (SSSR count). The Hall–Kier alpha value is -0.770. The fourth-order valence-corrected chi connectivity index (χ4v) is 2.44. The third-order valence-electron chi connectivity index (χ3n) is 3.23. The van der Waals surface area contributed by atoms with E-state index in [1.165, 1.54) is 12.8 Å². The summed E-state index contributed by atoms with van der Waals surface area (Å²) < 4.78 is 5.68. The van der Waals surface area contributed by atoms with Gasteiger partial charge in [-0.15, -0.1) is 0 Å². The highest BCUT2D eigenvalue weighted by atomic mass is 35.5. The van der Waals surface area contributed by atoms with Crippen molar-refractivity contribution in [2.45, 2.75) is 18.9 Å². The number of nitrogens with zero attached hydrogens (tertiary/aromatic N) is 1. The van der Waals surface area contributed by atoms with Crippen LogP contribution in [0.4, 0.5) is 0 Å². The first-order valence-electron chi connectivity index (χ1n) is 6.54. The maximum absolute atomic E-state index is 5.90. The Morgan fingerprint density at radius 2 is 2.39 bits per heavy atom. The molecule has 1 fully saturated rings. The number of benzene rings is 1. The fourth-order valence-electron chi connectivity index (χ4n) is 2.26. The number of hydrogen-bond acceptors (Lipinski definition) is 3. The van der Waals surface area contributed by atoms with Crippen molar-refractivity contribution in [3.63, 3.8) is 0 Å². The van der Waals surface area contributed by atoms with Gasteiger partial charge in [-0.1, -0.05) is 17.7 Å². The van der Waals surface area contributed by atoms with Gasteiger partial charge in [-0.2, -0.15) is 0 Å². The summed E-state index contributed by atoms with van der Waals surface area (Å²) in [4.78, 5) is 2.31. The van der Waals surface area contributed by atoms with E-state index in [0.717, 1.165) is 30.4 Å². The van der Waals surface area contributed by atoms with Gasteiger partial charge in [0.25, 0.3) is 0 Å². The molecule has 1 unspecified atom stereocenters. The average molecular weight is 269 g/mol. The van der Waals surface area contributed by atoms with E-state index in [4.69, 9.17) is 16.3 Å². The molecule has 0 aliphatic carbocycles. The smallest absolute Gasteiger partial charge is 0.120 e. The van der Waals surface area contributed by atoms with Crippen molar-refractivity contribution in [2.75, 3.05) is 33.3 Å². The van der Waals surface area contributed by atoms with Crippen LogP contribution in [0.3, 0.4) is 0 Å². The van der Waals surface area contributed by atoms with Crippen molar-refractivity contribution in [3.05, 3.63) is 29.3 Å². The van der Waals surface area contributed by atoms with E-state index in [9.17, 15) is 0 Å². The van der Waals surface area contributed by atoms with Crippen LogP contribution < -0.4 is 10.1 Å². The number of ether oxygens (including phenoxy) is 1. The first kappa shape index (κ1) is 13.7. The van der Waals surface area contributed by atoms with Crippen LogP contribution in [-0.2, 0) is 0 Å². The van der Waals surface area contributed by atoms with E-state index in [2.05, 4.69) is 17.3 Å². The molecule has 4 heteroatoms. The topological polar surface area (TPSA) is 24.5 Å². The molecule has 0 saturated carbocycles. The quantitative estimate of drug-likeness (QED) is 0.858. The summed E-state index contributed by atoms with van der Waals surface area (Å²) in [5.41, 5.74) is 0. The molecule has 0 bridgehead atoms. The lowest BCUT2D eigenvalue weighted by Crippen LogP contribution is -2.37. The average Bonchev–Trinajstić information content (AvgIpc) is 2.82. The van der Waals surface area contributed by atoms with Gasteiger partial charge >= 0.3 is 0 Å². The van der Waals surface area contributed by atoms with Crippen LogP contribution in [0.2, 0.25) is 5.02 Å². The van der Waals surface area contributed by atoms with Crippen LogP contribution in [0.1, 0.15) is 12.8 Å². The monoisotopic (exact) mass is 268 g/mol. The van der Waals surface area contributed by atoms with E-state index in [1.807, 2.05) is 24.3 Å². The predicted molar refractivity (Wildman–Crippen MR) is 75.5 cm³/mol. The van der Waals surface area contributed by atoms with Gasteiger partial charge < -0.3 is 15.0 Å². The van der Waals surface area contributed by atoms with Gasteiger partial charge in [0.2, 0.25) is 0 Å². The van der Waals surface area contributed by atoms with Crippen LogP contribution >= 0.6 is 11.6 Å². The lowest BCUT2D eigenvalue weighted by atomic mass is 10.2. The van der Waals surface area contributed by atoms with Crippen molar-refractivity contribution in [3.8, 4) is 5.75 Å². The van der Waals surface area contributed by atoms with Gasteiger partial charge in [0, 0.05) is 24.2 Å². The summed E-state index contributed by atoms with van der Waals surface area (Å²) in [6.07, 6.45) is 2.59. The van der Waals surface area contributed by atoms with E-state index in [-0.39, 0.29) is 0 Å². The Labute approximate surface area is 114 Å². The molecular weight excluding hydrogens is 248 g/mol. The molecule has 1 N–H and O–H groups in total. The molecule has 0 radical (unpaired) electrons. The molecule has 3 nitrogen and oxygen atoms in total. The van der Waals surface area contributed by atoms with Crippen LogP contribution in [0.25, 0.3) is 0 Å². The molecule has 100 valence electrons. The fraction of sp³-hybridized carbons (Fsp3) is 0.571. The molecule has 0 aromatic heterocycles. The van der Waals surface area contributed by atoms with Crippen LogP contribution in [0, 0.1) is 0 Å². The zero-order valence-electron chi connectivity index (χ0n) is 10.9. The molecule has 0 spiro atoms. The standard InChI is InChI=1S/C14H21ClN2O/c1-17(11-13-5-3-7-16-13)8-9-18-14-6-2-4-12(15)10-14/h2,4,6,10,13,16H,3,5,7-9,11H2,1H3. The van der Waals surface area contributed by atoms with Gasteiger partial charge in [-0.05, 0) is 44.6 Å². The van der Waals surface area contributed by atoms with Crippen molar-refractivity contribution in [1.82, 2.24) is 10.2 Å². The minimum atomic E-state index is 0.654. The second-order valence-electron chi connectivity index (χ2n) is 4.86. The molecule has 1 saturated heterocycles. The first-order chi connectivity index (χ1) is 8.74. The number of likely N-dealkylation sites (N-methyl/N-ethyl adjacent to an activating group) is 1. The van der Waals surface area contributed by atoms with Gasteiger partial charge in [0.1, 0.15) is 12.4 Å². The predicted octanol–water partition coefficient (Wildman–Crippen LogP) is 2.40. The van der Waals surface area contributed by atoms with Crippen molar-refractivity contribution < 1.29 is 4.74 Å². The minimum Gasteiger partial charge on any atom is -0.492 e. The molecule has 0 amide bonds. The summed E-state index contributed by atoms with van der Waals surface area (Å²) in [7, 11) is 2.14. The lowest BCUT2D eigenvalue weighted by molar-refractivity contribution is 0.225. The maximum Gasteiger partial charge on any atom is 0.120 e. The minimum absolute atomic E-state index is 0.654. The van der Waals surface area contributed by atoms with Crippen LogP contribution in [0.5, 0.6) is 5.75 Å². The van der Waals surface area contributed by atoms with Crippen molar-refractivity contribution in [1.29, 1.82) is 0 Å². The molecule has 18 heavy (non-hydrogen) atoms. The highest BCUT2D eigenvalue weighted by molar-refractivity contribution is 6.30. The molecule has 1 aliphatic rings. The van der Waals surface area contributed by atoms with Gasteiger partial charge in [-0.3, -0.25) is 0 Å². The van der Waals surface area contributed by atoms with Crippen molar-refractivity contribution >= 4 is 11.6 Å². The second kappa shape index (κ2) is 6.98. The first-order valence-corrected chi connectivity index (χ1v) is 6.92. The molecule has 1 heterocycles. The normalized spacial score (nSPS) is 19.4. The second-order valence-corrected chi connectivity index (χ2v) is 5.30. The molecule has 1 aliphatic heterocycles. The Morgan fingerprint density at radius 1 is 1.50 bits per heavy atom. The van der Waals surface area contributed by atoms with Gasteiger partial charge in [0.15, 0.2) is 0 Å². The molecule has 1 atom stereocenters. The van der Waals surface area contributed by atoms with Gasteiger partial charge in [-0.25, -0.2) is 0 Å². The highest BCUT2D eigenvalue weighted by Gasteiger charge is 2.15. The molecular formula is C14H21ClN2O. The number of halogens is 1. The van der Waals surface area contributed by atoms with E-state index in [0.29, 0.717) is 12.6 Å². The Balaban J connectivity index is 1.65. The lowest BCUT2D eigenvalue weighted by Gasteiger charge is -2.21.